The number of hydrogen-bond donors (Lipinski definition) is 1. The van der Waals surface area contributed by atoms with Gasteiger partial charge in [-0.15, -0.1) is 0 Å². The highest BCUT2D eigenvalue weighted by atomic mass is 19.1. The van der Waals surface area contributed by atoms with E-state index in [1.165, 1.54) is 0 Å². The fourth-order valence-corrected chi connectivity index (χ4v) is 3.81. The lowest BCUT2D eigenvalue weighted by Gasteiger charge is -2.19. The summed E-state index contributed by atoms with van der Waals surface area (Å²) in [5, 5.41) is 2.76. The number of nitrogens with one attached hydrogen (secondary N) is 1. The second-order valence-corrected chi connectivity index (χ2v) is 7.82. The van der Waals surface area contributed by atoms with Crippen LogP contribution in [0.15, 0.2) is 53.5 Å². The van der Waals surface area contributed by atoms with Crippen LogP contribution in [0.2, 0.25) is 0 Å². The first kappa shape index (κ1) is 23.6. The minimum atomic E-state index is -0.740. The summed E-state index contributed by atoms with van der Waals surface area (Å²) in [4.78, 5) is 17.6. The number of anilines is 1. The molecular weight excluding hydrogens is 410 g/mol. The number of halogens is 2. The van der Waals surface area contributed by atoms with Crippen LogP contribution in [0.5, 0.6) is 0 Å². The Balaban J connectivity index is 1.99. The van der Waals surface area contributed by atoms with Gasteiger partial charge in [0.2, 0.25) is 5.90 Å². The molecule has 2 aromatic rings. The second kappa shape index (κ2) is 11.6. The fourth-order valence-electron chi connectivity index (χ4n) is 3.81. The van der Waals surface area contributed by atoms with Gasteiger partial charge in [0, 0.05) is 11.5 Å². The average molecular weight is 441 g/mol. The Bertz CT molecular complexity index is 1000. The van der Waals surface area contributed by atoms with E-state index in [1.807, 2.05) is 25.1 Å². The molecule has 6 heteroatoms. The van der Waals surface area contributed by atoms with Crippen LogP contribution in [0.4, 0.5) is 14.5 Å². The van der Waals surface area contributed by atoms with Crippen LogP contribution in [-0.2, 0) is 4.74 Å². The van der Waals surface area contributed by atoms with Gasteiger partial charge in [0.25, 0.3) is 5.91 Å². The molecule has 0 saturated carbocycles. The second-order valence-electron chi connectivity index (χ2n) is 7.82. The molecule has 32 heavy (non-hydrogen) atoms. The third kappa shape index (κ3) is 5.61. The highest BCUT2D eigenvalue weighted by Gasteiger charge is 2.26. The molecule has 0 spiro atoms. The first-order valence-corrected chi connectivity index (χ1v) is 11.3. The summed E-state index contributed by atoms with van der Waals surface area (Å²) in [5.74, 6) is -1.94. The maximum atomic E-state index is 15.0. The molecular formula is C26H30F2N2O2. The number of unbranched alkanes of at least 4 members (excludes halogenated alkanes) is 2. The first-order valence-electron chi connectivity index (χ1n) is 11.3. The third-order valence-corrected chi connectivity index (χ3v) is 5.42. The molecule has 3 rings (SSSR count). The Morgan fingerprint density at radius 2 is 1.94 bits per heavy atom. The van der Waals surface area contributed by atoms with Crippen LogP contribution in [-0.4, -0.2) is 25.0 Å². The van der Waals surface area contributed by atoms with E-state index in [1.54, 1.807) is 18.2 Å². The van der Waals surface area contributed by atoms with Crippen molar-refractivity contribution in [3.63, 3.8) is 0 Å². The van der Waals surface area contributed by atoms with Crippen molar-refractivity contribution in [1.29, 1.82) is 0 Å². The van der Waals surface area contributed by atoms with E-state index in [-0.39, 0.29) is 17.0 Å². The van der Waals surface area contributed by atoms with Gasteiger partial charge < -0.3 is 10.1 Å². The molecule has 0 aromatic heterocycles. The number of carbonyl (C=O) groups is 1. The van der Waals surface area contributed by atoms with E-state index < -0.39 is 17.5 Å². The van der Waals surface area contributed by atoms with Crippen molar-refractivity contribution >= 4 is 17.5 Å². The van der Waals surface area contributed by atoms with Crippen molar-refractivity contribution in [2.75, 3.05) is 18.5 Å². The number of nitrogens with zero attached hydrogens (tertiary/aromatic N) is 1. The normalized spacial score (nSPS) is 14.3. The highest BCUT2D eigenvalue weighted by Crippen LogP contribution is 2.32. The topological polar surface area (TPSA) is 50.7 Å². The molecule has 4 nitrogen and oxygen atoms in total. The molecule has 1 aliphatic rings. The minimum Gasteiger partial charge on any atom is -0.475 e. The Morgan fingerprint density at radius 3 is 2.66 bits per heavy atom. The van der Waals surface area contributed by atoms with Gasteiger partial charge in [-0.05, 0) is 37.1 Å². The van der Waals surface area contributed by atoms with Gasteiger partial charge in [0.1, 0.15) is 18.2 Å². The van der Waals surface area contributed by atoms with Crippen LogP contribution in [0, 0.1) is 11.6 Å². The summed E-state index contributed by atoms with van der Waals surface area (Å²) < 4.78 is 35.5. The van der Waals surface area contributed by atoms with E-state index in [0.29, 0.717) is 36.7 Å². The molecule has 0 aliphatic carbocycles. The van der Waals surface area contributed by atoms with Gasteiger partial charge in [-0.25, -0.2) is 13.8 Å². The zero-order valence-corrected chi connectivity index (χ0v) is 18.7. The summed E-state index contributed by atoms with van der Waals surface area (Å²) in [6.45, 7) is 5.13. The summed E-state index contributed by atoms with van der Waals surface area (Å²) >= 11 is 0. The molecule has 0 saturated heterocycles. The van der Waals surface area contributed by atoms with Crippen molar-refractivity contribution in [1.82, 2.24) is 0 Å². The molecule has 0 radical (unpaired) electrons. The van der Waals surface area contributed by atoms with Crippen molar-refractivity contribution in [3.05, 3.63) is 76.9 Å². The number of benzene rings is 2. The van der Waals surface area contributed by atoms with Crippen molar-refractivity contribution in [3.8, 4) is 0 Å². The summed E-state index contributed by atoms with van der Waals surface area (Å²) in [5.41, 5.74) is 0.910. The minimum absolute atomic E-state index is 0.107. The maximum absolute atomic E-state index is 15.0. The number of aliphatic imine (C=N–C) groups is 1. The predicted molar refractivity (Wildman–Crippen MR) is 124 cm³/mol. The van der Waals surface area contributed by atoms with Gasteiger partial charge in [-0.3, -0.25) is 4.79 Å². The quantitative estimate of drug-likeness (QED) is 0.422. The van der Waals surface area contributed by atoms with Crippen LogP contribution in [0.3, 0.4) is 0 Å². The Hall–Kier alpha value is -3.02. The Kier molecular flexibility index (Phi) is 8.54. The zero-order chi connectivity index (χ0) is 22.9. The van der Waals surface area contributed by atoms with Gasteiger partial charge >= 0.3 is 0 Å². The molecule has 0 unspecified atom stereocenters. The summed E-state index contributed by atoms with van der Waals surface area (Å²) in [6, 6.07) is 9.15. The van der Waals surface area contributed by atoms with Crippen LogP contribution >= 0.6 is 0 Å². The van der Waals surface area contributed by atoms with E-state index in [0.717, 1.165) is 37.8 Å². The van der Waals surface area contributed by atoms with Gasteiger partial charge in [-0.1, -0.05) is 57.4 Å². The number of hydrogen-bond acceptors (Lipinski definition) is 3. The summed E-state index contributed by atoms with van der Waals surface area (Å²) in [7, 11) is 0. The first-order chi connectivity index (χ1) is 15.6. The number of amides is 1. The van der Waals surface area contributed by atoms with Crippen molar-refractivity contribution in [2.24, 2.45) is 4.99 Å². The number of para-hydroxylation sites is 1. The van der Waals surface area contributed by atoms with E-state index in [9.17, 15) is 9.18 Å². The molecule has 0 bridgehead atoms. The van der Waals surface area contributed by atoms with E-state index >= 15 is 4.39 Å². The van der Waals surface area contributed by atoms with Crippen molar-refractivity contribution in [2.45, 2.75) is 51.9 Å². The smallest absolute Gasteiger partial charge is 0.259 e. The van der Waals surface area contributed by atoms with Gasteiger partial charge in [-0.2, -0.15) is 0 Å². The third-order valence-electron chi connectivity index (χ3n) is 5.42. The monoisotopic (exact) mass is 440 g/mol. The van der Waals surface area contributed by atoms with Gasteiger partial charge in [0.15, 0.2) is 0 Å². The number of carbonyl (C=O) groups excluding carboxylic acids is 1. The molecule has 0 fully saturated rings. The Labute approximate surface area is 188 Å². The molecule has 1 N–H and O–H groups in total. The highest BCUT2D eigenvalue weighted by molar-refractivity contribution is 6.10. The molecule has 170 valence electrons. The lowest BCUT2D eigenvalue weighted by Crippen LogP contribution is -2.20. The summed E-state index contributed by atoms with van der Waals surface area (Å²) in [6.07, 6.45) is 8.10. The van der Waals surface area contributed by atoms with Crippen LogP contribution in [0.25, 0.3) is 0 Å². The SMILES string of the molecule is CCC/C=C/[C@@H](CCCC)c1c(F)ccc(F)c1C(=O)Nc1ccccc1C1=NCCO1. The van der Waals surface area contributed by atoms with E-state index in [4.69, 9.17) is 4.74 Å². The number of allylic oxidation sites excluding steroid dienone is 2. The molecule has 1 heterocycles. The molecule has 1 amide bonds. The Morgan fingerprint density at radius 1 is 1.16 bits per heavy atom. The van der Waals surface area contributed by atoms with Crippen LogP contribution in [0.1, 0.15) is 73.4 Å². The molecule has 1 atom stereocenters. The van der Waals surface area contributed by atoms with Gasteiger partial charge in [0.05, 0.1) is 23.4 Å². The molecule has 2 aromatic carbocycles. The average Bonchev–Trinajstić information content (AvgIpc) is 3.33. The van der Waals surface area contributed by atoms with Crippen LogP contribution < -0.4 is 5.32 Å². The lowest BCUT2D eigenvalue weighted by molar-refractivity contribution is 0.102. The zero-order valence-electron chi connectivity index (χ0n) is 18.7. The lowest BCUT2D eigenvalue weighted by atomic mass is 9.88. The van der Waals surface area contributed by atoms with Crippen molar-refractivity contribution < 1.29 is 18.3 Å². The number of rotatable bonds is 10. The standard InChI is InChI=1S/C26H30F2N2O2/c1-3-5-7-11-18(10-6-4-2)23-20(27)14-15-21(28)24(23)25(31)30-22-13-9-8-12-19(22)26-29-16-17-32-26/h7-9,11-15,18H,3-6,10,16-17H2,1-2H3,(H,30,31)/b11-7+/t18-/m1/s1. The predicted octanol–water partition coefficient (Wildman–Crippen LogP) is 6.62. The largest absolute Gasteiger partial charge is 0.475 e. The maximum Gasteiger partial charge on any atom is 0.259 e. The number of ether oxygens (including phenoxy) is 1. The fraction of sp³-hybridized carbons (Fsp3) is 0.385. The van der Waals surface area contributed by atoms with E-state index in [2.05, 4.69) is 17.2 Å². The molecule has 1 aliphatic heterocycles.